The maximum Gasteiger partial charge on any atom is 0.254 e. The third-order valence-electron chi connectivity index (χ3n) is 5.70. The van der Waals surface area contributed by atoms with Crippen LogP contribution >= 0.6 is 0 Å². The lowest BCUT2D eigenvalue weighted by atomic mass is 9.94. The zero-order chi connectivity index (χ0) is 20.5. The minimum atomic E-state index is -0.320. The molecule has 0 saturated carbocycles. The average Bonchev–Trinajstić information content (AvgIpc) is 2.82. The van der Waals surface area contributed by atoms with E-state index in [1.54, 1.807) is 11.1 Å². The number of fused-ring (bicyclic) bond motifs is 2. The molecule has 150 valence electrons. The third kappa shape index (κ3) is 3.32. The van der Waals surface area contributed by atoms with Gasteiger partial charge in [0.2, 0.25) is 0 Å². The van der Waals surface area contributed by atoms with Crippen LogP contribution in [0.3, 0.4) is 0 Å². The number of pyridine rings is 1. The van der Waals surface area contributed by atoms with Crippen LogP contribution in [0.2, 0.25) is 0 Å². The van der Waals surface area contributed by atoms with Gasteiger partial charge in [-0.1, -0.05) is 42.5 Å². The second kappa shape index (κ2) is 7.86. The van der Waals surface area contributed by atoms with Gasteiger partial charge in [-0.25, -0.2) is 0 Å². The number of carbonyl (C=O) groups is 1. The Kier molecular flexibility index (Phi) is 4.91. The van der Waals surface area contributed by atoms with E-state index in [0.717, 1.165) is 32.8 Å². The minimum absolute atomic E-state index is 0.0257. The van der Waals surface area contributed by atoms with Gasteiger partial charge in [-0.15, -0.1) is 0 Å². The lowest BCUT2D eigenvalue weighted by Crippen LogP contribution is -2.46. The second-order valence-corrected chi connectivity index (χ2v) is 7.54. The van der Waals surface area contributed by atoms with Crippen LogP contribution in [0.1, 0.15) is 10.4 Å². The summed E-state index contributed by atoms with van der Waals surface area (Å²) in [6.45, 7) is 1.30. The van der Waals surface area contributed by atoms with Gasteiger partial charge in [0.1, 0.15) is 0 Å². The van der Waals surface area contributed by atoms with E-state index in [-0.39, 0.29) is 18.6 Å². The lowest BCUT2D eigenvalue weighted by Gasteiger charge is -2.32. The van der Waals surface area contributed by atoms with Crippen molar-refractivity contribution in [2.75, 3.05) is 26.3 Å². The molecular formula is C25H22N2O3. The number of carbonyl (C=O) groups excluding carboxylic acids is 1. The molecule has 3 aromatic carbocycles. The number of hydrogen-bond acceptors (Lipinski definition) is 4. The van der Waals surface area contributed by atoms with Crippen molar-refractivity contribution in [3.63, 3.8) is 0 Å². The molecule has 0 aliphatic carbocycles. The topological polar surface area (TPSA) is 62.7 Å². The van der Waals surface area contributed by atoms with Crippen LogP contribution in [0, 0.1) is 0 Å². The van der Waals surface area contributed by atoms with Crippen LogP contribution in [0.15, 0.2) is 72.9 Å². The van der Waals surface area contributed by atoms with Crippen molar-refractivity contribution in [1.29, 1.82) is 0 Å². The molecule has 5 rings (SSSR count). The molecule has 2 heterocycles. The summed E-state index contributed by atoms with van der Waals surface area (Å²) in [7, 11) is 0. The molecule has 4 aromatic rings. The molecule has 5 heteroatoms. The molecule has 1 fully saturated rings. The highest BCUT2D eigenvalue weighted by atomic mass is 16.5. The summed E-state index contributed by atoms with van der Waals surface area (Å²) in [6, 6.07) is 22.2. The molecule has 1 N–H and O–H groups in total. The average molecular weight is 398 g/mol. The highest BCUT2D eigenvalue weighted by Crippen LogP contribution is 2.32. The summed E-state index contributed by atoms with van der Waals surface area (Å²) in [4.78, 5) is 19.5. The lowest BCUT2D eigenvalue weighted by molar-refractivity contribution is -0.0446. The number of aliphatic hydroxyl groups is 1. The number of ether oxygens (including phenoxy) is 1. The largest absolute Gasteiger partial charge is 0.394 e. The molecule has 0 radical (unpaired) electrons. The van der Waals surface area contributed by atoms with Gasteiger partial charge >= 0.3 is 0 Å². The van der Waals surface area contributed by atoms with E-state index in [2.05, 4.69) is 35.3 Å². The Bertz CT molecular complexity index is 1240. The monoisotopic (exact) mass is 398 g/mol. The van der Waals surface area contributed by atoms with Gasteiger partial charge in [-0.05, 0) is 46.2 Å². The third-order valence-corrected chi connectivity index (χ3v) is 5.70. The maximum atomic E-state index is 13.3. The maximum absolute atomic E-state index is 13.3. The molecule has 1 aliphatic heterocycles. The van der Waals surface area contributed by atoms with Crippen molar-refractivity contribution in [3.8, 4) is 11.1 Å². The van der Waals surface area contributed by atoms with Crippen molar-refractivity contribution in [3.05, 3.63) is 78.5 Å². The van der Waals surface area contributed by atoms with Crippen molar-refractivity contribution < 1.29 is 14.6 Å². The fourth-order valence-corrected chi connectivity index (χ4v) is 4.18. The molecule has 0 bridgehead atoms. The standard InChI is InChI=1S/C25H22N2O3/c28-16-19-15-27(12-13-30-19)25(29)23-8-2-6-21-20(5-1-7-22(21)23)17-9-10-24-18(14-17)4-3-11-26-24/h1-11,14,19,28H,12-13,15-16H2/t19-/m1/s1. The zero-order valence-corrected chi connectivity index (χ0v) is 16.5. The summed E-state index contributed by atoms with van der Waals surface area (Å²) in [5, 5.41) is 12.5. The molecular weight excluding hydrogens is 376 g/mol. The quantitative estimate of drug-likeness (QED) is 0.569. The summed E-state index contributed by atoms with van der Waals surface area (Å²) in [6.07, 6.45) is 1.48. The molecule has 1 amide bonds. The van der Waals surface area contributed by atoms with Crippen LogP contribution in [0.5, 0.6) is 0 Å². The first-order valence-electron chi connectivity index (χ1n) is 10.1. The number of amides is 1. The molecule has 1 aromatic heterocycles. The first-order chi connectivity index (χ1) is 14.7. The van der Waals surface area contributed by atoms with Gasteiger partial charge in [0.15, 0.2) is 0 Å². The number of aliphatic hydroxyl groups excluding tert-OH is 1. The van der Waals surface area contributed by atoms with E-state index >= 15 is 0 Å². The van der Waals surface area contributed by atoms with Gasteiger partial charge in [0, 0.05) is 30.2 Å². The highest BCUT2D eigenvalue weighted by Gasteiger charge is 2.25. The van der Waals surface area contributed by atoms with Crippen LogP contribution < -0.4 is 0 Å². The number of nitrogens with zero attached hydrogens (tertiary/aromatic N) is 2. The Morgan fingerprint density at radius 1 is 1.07 bits per heavy atom. The van der Waals surface area contributed by atoms with Crippen LogP contribution in [0.25, 0.3) is 32.8 Å². The molecule has 30 heavy (non-hydrogen) atoms. The van der Waals surface area contributed by atoms with E-state index in [1.807, 2.05) is 36.4 Å². The van der Waals surface area contributed by atoms with Gasteiger partial charge < -0.3 is 14.7 Å². The summed E-state index contributed by atoms with van der Waals surface area (Å²) in [5.41, 5.74) is 3.82. The fraction of sp³-hybridized carbons (Fsp3) is 0.200. The first-order valence-corrected chi connectivity index (χ1v) is 10.1. The number of morpholine rings is 1. The van der Waals surface area contributed by atoms with Crippen molar-refractivity contribution in [2.45, 2.75) is 6.10 Å². The predicted octanol–water partition coefficient (Wildman–Crippen LogP) is 3.89. The van der Waals surface area contributed by atoms with E-state index < -0.39 is 0 Å². The Morgan fingerprint density at radius 2 is 1.93 bits per heavy atom. The van der Waals surface area contributed by atoms with Crippen molar-refractivity contribution >= 4 is 27.6 Å². The number of aromatic nitrogens is 1. The van der Waals surface area contributed by atoms with Crippen LogP contribution in [-0.4, -0.2) is 53.3 Å². The van der Waals surface area contributed by atoms with E-state index in [1.165, 1.54) is 0 Å². The predicted molar refractivity (Wildman–Crippen MR) is 117 cm³/mol. The molecule has 1 saturated heterocycles. The normalized spacial score (nSPS) is 16.8. The molecule has 1 atom stereocenters. The Hall–Kier alpha value is -3.28. The smallest absolute Gasteiger partial charge is 0.254 e. The number of rotatable bonds is 3. The zero-order valence-electron chi connectivity index (χ0n) is 16.5. The molecule has 0 spiro atoms. The van der Waals surface area contributed by atoms with Gasteiger partial charge in [-0.2, -0.15) is 0 Å². The molecule has 1 aliphatic rings. The van der Waals surface area contributed by atoms with Gasteiger partial charge in [-0.3, -0.25) is 9.78 Å². The first kappa shape index (κ1) is 18.7. The van der Waals surface area contributed by atoms with E-state index in [9.17, 15) is 9.90 Å². The van der Waals surface area contributed by atoms with E-state index in [0.29, 0.717) is 25.3 Å². The highest BCUT2D eigenvalue weighted by molar-refractivity contribution is 6.10. The second-order valence-electron chi connectivity index (χ2n) is 7.54. The van der Waals surface area contributed by atoms with Gasteiger partial charge in [0.05, 0.1) is 24.8 Å². The minimum Gasteiger partial charge on any atom is -0.394 e. The Labute approximate surface area is 174 Å². The Balaban J connectivity index is 1.58. The summed E-state index contributed by atoms with van der Waals surface area (Å²) in [5.74, 6) is -0.0257. The summed E-state index contributed by atoms with van der Waals surface area (Å²) < 4.78 is 5.49. The van der Waals surface area contributed by atoms with Gasteiger partial charge in [0.25, 0.3) is 5.91 Å². The fourth-order valence-electron chi connectivity index (χ4n) is 4.18. The number of benzene rings is 3. The molecule has 5 nitrogen and oxygen atoms in total. The molecule has 0 unspecified atom stereocenters. The summed E-state index contributed by atoms with van der Waals surface area (Å²) >= 11 is 0. The van der Waals surface area contributed by atoms with Crippen molar-refractivity contribution in [1.82, 2.24) is 9.88 Å². The Morgan fingerprint density at radius 3 is 2.83 bits per heavy atom. The SMILES string of the molecule is O=C(c1cccc2c(-c3ccc4ncccc4c3)cccc12)N1CCO[C@@H](CO)C1. The van der Waals surface area contributed by atoms with E-state index in [4.69, 9.17) is 4.74 Å². The van der Waals surface area contributed by atoms with Crippen LogP contribution in [-0.2, 0) is 4.74 Å². The van der Waals surface area contributed by atoms with Crippen LogP contribution in [0.4, 0.5) is 0 Å². The number of hydrogen-bond donors (Lipinski definition) is 1. The van der Waals surface area contributed by atoms with Crippen molar-refractivity contribution in [2.24, 2.45) is 0 Å².